The van der Waals surface area contributed by atoms with Crippen molar-refractivity contribution >= 4 is 11.2 Å². The molecule has 2 aromatic carbocycles. The third-order valence-corrected chi connectivity index (χ3v) is 6.26. The molecule has 2 heterocycles. The minimum Gasteiger partial charge on any atom is -0.317 e. The van der Waals surface area contributed by atoms with Gasteiger partial charge in [0.2, 0.25) is 0 Å². The van der Waals surface area contributed by atoms with Gasteiger partial charge < -0.3 is 4.57 Å². The summed E-state index contributed by atoms with van der Waals surface area (Å²) in [6.45, 7) is 1.99. The second-order valence-electron chi connectivity index (χ2n) is 8.12. The Morgan fingerprint density at radius 2 is 1.77 bits per heavy atom. The fourth-order valence-electron chi connectivity index (χ4n) is 4.64. The van der Waals surface area contributed by atoms with Crippen molar-refractivity contribution in [1.29, 1.82) is 0 Å². The molecule has 1 aliphatic rings. The third kappa shape index (κ3) is 3.21. The highest BCUT2D eigenvalue weighted by atomic mass is 19.1. The maximum atomic E-state index is 14.0. The quantitative estimate of drug-likeness (QED) is 0.499. The summed E-state index contributed by atoms with van der Waals surface area (Å²) in [6.07, 6.45) is 5.12. The van der Waals surface area contributed by atoms with Gasteiger partial charge in [0, 0.05) is 6.04 Å². The van der Waals surface area contributed by atoms with Gasteiger partial charge in [0.05, 0.1) is 18.1 Å². The van der Waals surface area contributed by atoms with Gasteiger partial charge in [-0.15, -0.1) is 0 Å². The third-order valence-electron chi connectivity index (χ3n) is 6.26. The molecule has 5 rings (SSSR count). The molecule has 31 heavy (non-hydrogen) atoms. The summed E-state index contributed by atoms with van der Waals surface area (Å²) in [5.74, 6) is -0.451. The normalized spacial score (nSPS) is 15.5. The van der Waals surface area contributed by atoms with Crippen LogP contribution in [-0.4, -0.2) is 18.7 Å². The first-order chi connectivity index (χ1) is 15.1. The first-order valence-corrected chi connectivity index (χ1v) is 10.6. The molecule has 0 spiro atoms. The van der Waals surface area contributed by atoms with Crippen LogP contribution in [0.5, 0.6) is 0 Å². The molecule has 0 N–H and O–H groups in total. The lowest BCUT2D eigenvalue weighted by Gasteiger charge is -2.19. The molecule has 1 atom stereocenters. The Kier molecular flexibility index (Phi) is 4.81. The van der Waals surface area contributed by atoms with Crippen LogP contribution >= 0.6 is 0 Å². The zero-order chi connectivity index (χ0) is 21.5. The van der Waals surface area contributed by atoms with E-state index >= 15 is 0 Å². The summed E-state index contributed by atoms with van der Waals surface area (Å²) in [7, 11) is 0. The zero-order valence-corrected chi connectivity index (χ0v) is 17.2. The van der Waals surface area contributed by atoms with Crippen LogP contribution in [0, 0.1) is 5.82 Å². The summed E-state index contributed by atoms with van der Waals surface area (Å²) in [5.41, 5.74) is 1.19. The van der Waals surface area contributed by atoms with E-state index in [9.17, 15) is 14.0 Å². The van der Waals surface area contributed by atoms with Crippen molar-refractivity contribution in [3.05, 3.63) is 93.1 Å². The molecule has 0 amide bonds. The van der Waals surface area contributed by atoms with E-state index in [0.717, 1.165) is 31.2 Å². The topological polar surface area (TPSA) is 61.8 Å². The number of nitrogens with zero attached hydrogens (tertiary/aromatic N) is 4. The van der Waals surface area contributed by atoms with Gasteiger partial charge in [-0.2, -0.15) is 0 Å². The molecule has 4 aromatic rings. The standard InChI is InChI=1S/C24H23FN4O2/c1-16(17-8-3-2-4-9-17)27-15-26-22-21(27)23(30)29(19-11-5-6-12-19)24(31)28(22)20-13-7-10-18(25)14-20/h2-4,7-10,13-16,19H,5-6,11-12H2,1H3. The highest BCUT2D eigenvalue weighted by molar-refractivity contribution is 5.73. The molecule has 158 valence electrons. The largest absolute Gasteiger partial charge is 0.337 e. The van der Waals surface area contributed by atoms with E-state index in [1.165, 1.54) is 21.3 Å². The van der Waals surface area contributed by atoms with Crippen LogP contribution in [0.25, 0.3) is 16.9 Å². The molecule has 0 radical (unpaired) electrons. The monoisotopic (exact) mass is 418 g/mol. The highest BCUT2D eigenvalue weighted by Crippen LogP contribution is 2.28. The molecule has 1 unspecified atom stereocenters. The lowest BCUT2D eigenvalue weighted by atomic mass is 10.1. The van der Waals surface area contributed by atoms with Crippen molar-refractivity contribution < 1.29 is 4.39 Å². The van der Waals surface area contributed by atoms with Crippen LogP contribution in [0.3, 0.4) is 0 Å². The molecule has 1 saturated carbocycles. The van der Waals surface area contributed by atoms with Crippen LogP contribution in [-0.2, 0) is 0 Å². The second-order valence-corrected chi connectivity index (χ2v) is 8.12. The van der Waals surface area contributed by atoms with Crippen LogP contribution < -0.4 is 11.2 Å². The smallest absolute Gasteiger partial charge is 0.317 e. The Bertz CT molecular complexity index is 1360. The Labute approximate surface area is 178 Å². The van der Waals surface area contributed by atoms with Gasteiger partial charge in [0.15, 0.2) is 11.2 Å². The van der Waals surface area contributed by atoms with E-state index in [1.54, 1.807) is 18.5 Å². The van der Waals surface area contributed by atoms with Crippen LogP contribution in [0.1, 0.15) is 50.3 Å². The zero-order valence-electron chi connectivity index (χ0n) is 17.2. The predicted octanol–water partition coefficient (Wildman–Crippen LogP) is 4.21. The minimum atomic E-state index is -0.465. The number of imidazole rings is 1. The maximum Gasteiger partial charge on any atom is 0.337 e. The molecule has 7 heteroatoms. The van der Waals surface area contributed by atoms with Gasteiger partial charge in [0.25, 0.3) is 5.56 Å². The van der Waals surface area contributed by atoms with E-state index in [2.05, 4.69) is 4.98 Å². The van der Waals surface area contributed by atoms with Gasteiger partial charge >= 0.3 is 5.69 Å². The fraction of sp³-hybridized carbons (Fsp3) is 0.292. The van der Waals surface area contributed by atoms with Crippen molar-refractivity contribution in [2.24, 2.45) is 0 Å². The maximum absolute atomic E-state index is 14.0. The molecular formula is C24H23FN4O2. The van der Waals surface area contributed by atoms with Crippen LogP contribution in [0.2, 0.25) is 0 Å². The number of rotatable bonds is 4. The predicted molar refractivity (Wildman–Crippen MR) is 117 cm³/mol. The first-order valence-electron chi connectivity index (χ1n) is 10.6. The summed E-state index contributed by atoms with van der Waals surface area (Å²) in [6, 6.07) is 15.4. The minimum absolute atomic E-state index is 0.153. The van der Waals surface area contributed by atoms with Crippen molar-refractivity contribution in [2.45, 2.75) is 44.7 Å². The number of fused-ring (bicyclic) bond motifs is 1. The van der Waals surface area contributed by atoms with Crippen molar-refractivity contribution in [2.75, 3.05) is 0 Å². The van der Waals surface area contributed by atoms with Crippen molar-refractivity contribution in [1.82, 2.24) is 18.7 Å². The van der Waals surface area contributed by atoms with Gasteiger partial charge in [-0.3, -0.25) is 9.36 Å². The number of hydrogen-bond donors (Lipinski definition) is 0. The van der Waals surface area contributed by atoms with E-state index in [1.807, 2.05) is 41.8 Å². The molecule has 6 nitrogen and oxygen atoms in total. The van der Waals surface area contributed by atoms with Gasteiger partial charge in [-0.1, -0.05) is 49.2 Å². The Balaban J connectivity index is 1.83. The molecule has 0 saturated heterocycles. The van der Waals surface area contributed by atoms with Gasteiger partial charge in [-0.25, -0.2) is 18.7 Å². The number of hydrogen-bond acceptors (Lipinski definition) is 3. The molecule has 1 fully saturated rings. The first kappa shape index (κ1) is 19.5. The van der Waals surface area contributed by atoms with Crippen LogP contribution in [0.15, 0.2) is 70.5 Å². The molecule has 0 aliphatic heterocycles. The van der Waals surface area contributed by atoms with E-state index in [-0.39, 0.29) is 23.3 Å². The van der Waals surface area contributed by atoms with Gasteiger partial charge in [0.1, 0.15) is 5.82 Å². The lowest BCUT2D eigenvalue weighted by Crippen LogP contribution is -2.42. The van der Waals surface area contributed by atoms with Gasteiger partial charge in [-0.05, 0) is 43.5 Å². The Morgan fingerprint density at radius 1 is 1.03 bits per heavy atom. The van der Waals surface area contributed by atoms with E-state index in [0.29, 0.717) is 11.2 Å². The molecular weight excluding hydrogens is 395 g/mol. The lowest BCUT2D eigenvalue weighted by molar-refractivity contribution is 0.473. The number of benzene rings is 2. The number of aromatic nitrogens is 4. The van der Waals surface area contributed by atoms with Crippen LogP contribution in [0.4, 0.5) is 4.39 Å². The highest BCUT2D eigenvalue weighted by Gasteiger charge is 2.27. The molecule has 0 bridgehead atoms. The number of halogens is 1. The van der Waals surface area contributed by atoms with Crippen molar-refractivity contribution in [3.8, 4) is 5.69 Å². The Hall–Kier alpha value is -3.48. The van der Waals surface area contributed by atoms with E-state index < -0.39 is 11.5 Å². The average molecular weight is 418 g/mol. The summed E-state index contributed by atoms with van der Waals surface area (Å²) in [5, 5.41) is 0. The molecule has 2 aromatic heterocycles. The second kappa shape index (κ2) is 7.65. The summed E-state index contributed by atoms with van der Waals surface area (Å²) >= 11 is 0. The Morgan fingerprint density at radius 3 is 2.48 bits per heavy atom. The average Bonchev–Trinajstić information content (AvgIpc) is 3.45. The SMILES string of the molecule is CC(c1ccccc1)n1cnc2c1c(=O)n(C1CCCC1)c(=O)n2-c1cccc(F)c1. The summed E-state index contributed by atoms with van der Waals surface area (Å²) in [4.78, 5) is 31.6. The molecule has 1 aliphatic carbocycles. The fourth-order valence-corrected chi connectivity index (χ4v) is 4.64. The van der Waals surface area contributed by atoms with E-state index in [4.69, 9.17) is 0 Å². The summed E-state index contributed by atoms with van der Waals surface area (Å²) < 4.78 is 18.5. The van der Waals surface area contributed by atoms with Crippen molar-refractivity contribution in [3.63, 3.8) is 0 Å².